The van der Waals surface area contributed by atoms with Gasteiger partial charge in [0.1, 0.15) is 0 Å². The zero-order chi connectivity index (χ0) is 11.5. The summed E-state index contributed by atoms with van der Waals surface area (Å²) in [5.74, 6) is 0.878. The molecule has 2 aromatic rings. The first kappa shape index (κ1) is 11.2. The van der Waals surface area contributed by atoms with Gasteiger partial charge in [-0.05, 0) is 31.5 Å². The molecule has 2 rings (SSSR count). The molecule has 0 saturated heterocycles. The van der Waals surface area contributed by atoms with Crippen LogP contribution in [0.5, 0.6) is 0 Å². The van der Waals surface area contributed by atoms with Crippen molar-refractivity contribution in [2.75, 3.05) is 11.9 Å². The molecule has 0 aliphatic rings. The molecule has 0 saturated carbocycles. The molecule has 3 nitrogen and oxygen atoms in total. The van der Waals surface area contributed by atoms with Crippen molar-refractivity contribution in [1.82, 2.24) is 9.55 Å². The standard InChI is InChI=1S/C12H14BrN3/c1-3-14-12-15-7-8-16(12)11-6-4-5-10(13)9(11)2/h4-8H,3H2,1-2H3,(H,14,15). The lowest BCUT2D eigenvalue weighted by Gasteiger charge is -2.12. The van der Waals surface area contributed by atoms with Crippen LogP contribution in [0.15, 0.2) is 35.1 Å². The SMILES string of the molecule is CCNc1nccn1-c1cccc(Br)c1C. The molecule has 0 aliphatic carbocycles. The van der Waals surface area contributed by atoms with E-state index in [4.69, 9.17) is 0 Å². The van der Waals surface area contributed by atoms with Crippen LogP contribution < -0.4 is 5.32 Å². The molecule has 16 heavy (non-hydrogen) atoms. The van der Waals surface area contributed by atoms with Crippen molar-refractivity contribution in [3.63, 3.8) is 0 Å². The van der Waals surface area contributed by atoms with Gasteiger partial charge in [-0.25, -0.2) is 4.98 Å². The minimum Gasteiger partial charge on any atom is -0.356 e. The number of nitrogens with zero attached hydrogens (tertiary/aromatic N) is 2. The van der Waals surface area contributed by atoms with Crippen molar-refractivity contribution in [3.05, 3.63) is 40.6 Å². The normalized spacial score (nSPS) is 10.4. The first-order chi connectivity index (χ1) is 7.74. The Morgan fingerprint density at radius 1 is 1.44 bits per heavy atom. The van der Waals surface area contributed by atoms with E-state index in [-0.39, 0.29) is 0 Å². The number of aromatic nitrogens is 2. The van der Waals surface area contributed by atoms with Gasteiger partial charge in [-0.3, -0.25) is 4.57 Å². The zero-order valence-corrected chi connectivity index (χ0v) is 11.0. The molecule has 0 atom stereocenters. The smallest absolute Gasteiger partial charge is 0.207 e. The second-order valence-corrected chi connectivity index (χ2v) is 4.39. The third-order valence-electron chi connectivity index (χ3n) is 2.47. The molecule has 0 bridgehead atoms. The van der Waals surface area contributed by atoms with E-state index in [2.05, 4.69) is 50.7 Å². The number of hydrogen-bond donors (Lipinski definition) is 1. The van der Waals surface area contributed by atoms with Gasteiger partial charge in [-0.1, -0.05) is 22.0 Å². The van der Waals surface area contributed by atoms with E-state index >= 15 is 0 Å². The molecule has 0 amide bonds. The zero-order valence-electron chi connectivity index (χ0n) is 9.37. The third kappa shape index (κ3) is 1.97. The Bertz CT molecular complexity index is 491. The van der Waals surface area contributed by atoms with E-state index in [1.807, 2.05) is 18.3 Å². The van der Waals surface area contributed by atoms with Crippen LogP contribution in [0.2, 0.25) is 0 Å². The minimum absolute atomic E-state index is 0.865. The fraction of sp³-hybridized carbons (Fsp3) is 0.250. The number of halogens is 1. The second kappa shape index (κ2) is 4.70. The summed E-state index contributed by atoms with van der Waals surface area (Å²) in [5, 5.41) is 3.24. The molecule has 1 aromatic heterocycles. The maximum absolute atomic E-state index is 4.29. The van der Waals surface area contributed by atoms with Gasteiger partial charge in [0.2, 0.25) is 5.95 Å². The second-order valence-electron chi connectivity index (χ2n) is 3.54. The Balaban J connectivity index is 2.50. The predicted octanol–water partition coefficient (Wildman–Crippen LogP) is 3.38. The number of hydrogen-bond acceptors (Lipinski definition) is 2. The molecule has 1 aromatic carbocycles. The van der Waals surface area contributed by atoms with Crippen molar-refractivity contribution in [1.29, 1.82) is 0 Å². The van der Waals surface area contributed by atoms with Gasteiger partial charge in [0.05, 0.1) is 5.69 Å². The summed E-state index contributed by atoms with van der Waals surface area (Å²) in [6.45, 7) is 5.02. The highest BCUT2D eigenvalue weighted by Crippen LogP contribution is 2.24. The predicted molar refractivity (Wildman–Crippen MR) is 70.2 cm³/mol. The van der Waals surface area contributed by atoms with Gasteiger partial charge in [0.15, 0.2) is 0 Å². The number of imidazole rings is 1. The van der Waals surface area contributed by atoms with E-state index in [9.17, 15) is 0 Å². The molecule has 4 heteroatoms. The molecule has 0 fully saturated rings. The Labute approximate surface area is 104 Å². The first-order valence-electron chi connectivity index (χ1n) is 5.26. The van der Waals surface area contributed by atoms with Gasteiger partial charge < -0.3 is 5.32 Å². The van der Waals surface area contributed by atoms with Crippen molar-refractivity contribution < 1.29 is 0 Å². The van der Waals surface area contributed by atoms with Crippen LogP contribution in [0.1, 0.15) is 12.5 Å². The Kier molecular flexibility index (Phi) is 3.29. The van der Waals surface area contributed by atoms with E-state index in [0.717, 1.165) is 22.7 Å². The van der Waals surface area contributed by atoms with Gasteiger partial charge in [-0.15, -0.1) is 0 Å². The number of anilines is 1. The van der Waals surface area contributed by atoms with Crippen molar-refractivity contribution >= 4 is 21.9 Å². The van der Waals surface area contributed by atoms with E-state index in [1.165, 1.54) is 5.56 Å². The lowest BCUT2D eigenvalue weighted by Crippen LogP contribution is -2.06. The lowest BCUT2D eigenvalue weighted by atomic mass is 10.2. The number of nitrogens with one attached hydrogen (secondary N) is 1. The van der Waals surface area contributed by atoms with E-state index in [0.29, 0.717) is 0 Å². The quantitative estimate of drug-likeness (QED) is 0.934. The van der Waals surface area contributed by atoms with Gasteiger partial charge in [0.25, 0.3) is 0 Å². The van der Waals surface area contributed by atoms with Gasteiger partial charge in [0, 0.05) is 23.4 Å². The molecule has 0 unspecified atom stereocenters. The molecule has 1 heterocycles. The summed E-state index contributed by atoms with van der Waals surface area (Å²) >= 11 is 3.54. The Morgan fingerprint density at radius 3 is 3.00 bits per heavy atom. The monoisotopic (exact) mass is 279 g/mol. The summed E-state index contributed by atoms with van der Waals surface area (Å²) in [6, 6.07) is 6.16. The highest BCUT2D eigenvalue weighted by Gasteiger charge is 2.07. The molecule has 0 aliphatic heterocycles. The maximum atomic E-state index is 4.29. The summed E-state index contributed by atoms with van der Waals surface area (Å²) in [4.78, 5) is 4.29. The first-order valence-corrected chi connectivity index (χ1v) is 6.06. The molecule has 0 radical (unpaired) electrons. The average Bonchev–Trinajstić information content (AvgIpc) is 2.71. The van der Waals surface area contributed by atoms with Crippen LogP contribution >= 0.6 is 15.9 Å². The Hall–Kier alpha value is -1.29. The maximum Gasteiger partial charge on any atom is 0.207 e. The summed E-state index contributed by atoms with van der Waals surface area (Å²) in [5.41, 5.74) is 2.35. The Morgan fingerprint density at radius 2 is 2.25 bits per heavy atom. The van der Waals surface area contributed by atoms with E-state index in [1.54, 1.807) is 6.20 Å². The van der Waals surface area contributed by atoms with Crippen LogP contribution in [0.4, 0.5) is 5.95 Å². The van der Waals surface area contributed by atoms with Crippen LogP contribution in [-0.4, -0.2) is 16.1 Å². The van der Waals surface area contributed by atoms with Crippen molar-refractivity contribution in [2.45, 2.75) is 13.8 Å². The molecule has 84 valence electrons. The van der Waals surface area contributed by atoms with Crippen LogP contribution in [0.3, 0.4) is 0 Å². The summed E-state index contributed by atoms with van der Waals surface area (Å²) < 4.78 is 3.17. The lowest BCUT2D eigenvalue weighted by molar-refractivity contribution is 1.01. The van der Waals surface area contributed by atoms with Gasteiger partial charge in [-0.2, -0.15) is 0 Å². The minimum atomic E-state index is 0.865. The highest BCUT2D eigenvalue weighted by atomic mass is 79.9. The largest absolute Gasteiger partial charge is 0.356 e. The summed E-state index contributed by atoms with van der Waals surface area (Å²) in [7, 11) is 0. The molecular formula is C12H14BrN3. The van der Waals surface area contributed by atoms with E-state index < -0.39 is 0 Å². The van der Waals surface area contributed by atoms with Crippen molar-refractivity contribution in [3.8, 4) is 5.69 Å². The fourth-order valence-corrected chi connectivity index (χ4v) is 2.00. The highest BCUT2D eigenvalue weighted by molar-refractivity contribution is 9.10. The van der Waals surface area contributed by atoms with Gasteiger partial charge >= 0.3 is 0 Å². The summed E-state index contributed by atoms with van der Waals surface area (Å²) in [6.07, 6.45) is 3.77. The molecule has 0 spiro atoms. The van der Waals surface area contributed by atoms with Crippen LogP contribution in [-0.2, 0) is 0 Å². The molecule has 1 N–H and O–H groups in total. The number of benzene rings is 1. The van der Waals surface area contributed by atoms with Crippen LogP contribution in [0, 0.1) is 6.92 Å². The third-order valence-corrected chi connectivity index (χ3v) is 3.33. The number of rotatable bonds is 3. The fourth-order valence-electron chi connectivity index (χ4n) is 1.64. The topological polar surface area (TPSA) is 29.9 Å². The average molecular weight is 280 g/mol. The van der Waals surface area contributed by atoms with Crippen molar-refractivity contribution in [2.24, 2.45) is 0 Å². The van der Waals surface area contributed by atoms with Crippen LogP contribution in [0.25, 0.3) is 5.69 Å². The molecular weight excluding hydrogens is 266 g/mol.